The van der Waals surface area contributed by atoms with Crippen LogP contribution in [0.1, 0.15) is 20.7 Å². The predicted octanol–water partition coefficient (Wildman–Crippen LogP) is 1.96. The number of imide groups is 1. The third-order valence-electron chi connectivity index (χ3n) is 3.01. The zero-order valence-corrected chi connectivity index (χ0v) is 11.6. The lowest BCUT2D eigenvalue weighted by Crippen LogP contribution is -2.29. The molecule has 1 aromatic heterocycles. The van der Waals surface area contributed by atoms with Crippen molar-refractivity contribution in [2.45, 2.75) is 0 Å². The molecular weight excluding hydrogens is 280 g/mol. The van der Waals surface area contributed by atoms with E-state index in [-0.39, 0.29) is 11.3 Å². The van der Waals surface area contributed by atoms with E-state index in [1.54, 1.807) is 23.7 Å². The quantitative estimate of drug-likeness (QED) is 0.808. The fourth-order valence-electron chi connectivity index (χ4n) is 2.14. The molecule has 0 aliphatic carbocycles. The molecule has 7 heteroatoms. The van der Waals surface area contributed by atoms with Gasteiger partial charge in [0.15, 0.2) is 16.6 Å². The highest BCUT2D eigenvalue weighted by atomic mass is 32.1. The molecule has 0 unspecified atom stereocenters. The van der Waals surface area contributed by atoms with Gasteiger partial charge >= 0.3 is 0 Å². The molecule has 0 saturated heterocycles. The van der Waals surface area contributed by atoms with Gasteiger partial charge in [0.25, 0.3) is 11.8 Å². The molecule has 0 N–H and O–H groups in total. The van der Waals surface area contributed by atoms with Crippen molar-refractivity contribution in [1.82, 2.24) is 4.98 Å². The van der Waals surface area contributed by atoms with E-state index in [1.807, 2.05) is 0 Å². The zero-order valence-electron chi connectivity index (χ0n) is 10.7. The lowest BCUT2D eigenvalue weighted by Gasteiger charge is -2.10. The summed E-state index contributed by atoms with van der Waals surface area (Å²) in [5, 5.41) is 2.05. The minimum atomic E-state index is -0.448. The van der Waals surface area contributed by atoms with Crippen LogP contribution >= 0.6 is 11.3 Å². The monoisotopic (exact) mass is 290 g/mol. The first kappa shape index (κ1) is 12.6. The van der Waals surface area contributed by atoms with Crippen LogP contribution in [0.3, 0.4) is 0 Å². The summed E-state index contributed by atoms with van der Waals surface area (Å²) in [6.07, 6.45) is 1.54. The van der Waals surface area contributed by atoms with Crippen molar-refractivity contribution < 1.29 is 19.1 Å². The molecule has 6 nitrogen and oxygen atoms in total. The molecule has 2 aromatic rings. The Morgan fingerprint density at radius 3 is 2.55 bits per heavy atom. The van der Waals surface area contributed by atoms with Crippen LogP contribution in [0.25, 0.3) is 0 Å². The van der Waals surface area contributed by atoms with E-state index < -0.39 is 11.8 Å². The summed E-state index contributed by atoms with van der Waals surface area (Å²) in [5.74, 6) is -0.174. The van der Waals surface area contributed by atoms with Crippen molar-refractivity contribution in [3.8, 4) is 11.5 Å². The van der Waals surface area contributed by atoms with Crippen molar-refractivity contribution in [2.75, 3.05) is 19.1 Å². The number of hydrogen-bond donors (Lipinski definition) is 0. The number of amides is 2. The summed E-state index contributed by atoms with van der Waals surface area (Å²) >= 11 is 1.22. The van der Waals surface area contributed by atoms with E-state index in [2.05, 4.69) is 4.98 Å². The Balaban J connectivity index is 2.19. The van der Waals surface area contributed by atoms with Crippen LogP contribution in [0.2, 0.25) is 0 Å². The van der Waals surface area contributed by atoms with E-state index in [9.17, 15) is 9.59 Å². The lowest BCUT2D eigenvalue weighted by molar-refractivity contribution is 0.0925. The average molecular weight is 290 g/mol. The molecule has 0 bridgehead atoms. The molecule has 1 aromatic carbocycles. The first-order valence-corrected chi connectivity index (χ1v) is 6.60. The number of fused-ring (bicyclic) bond motifs is 1. The largest absolute Gasteiger partial charge is 0.493 e. The maximum absolute atomic E-state index is 12.5. The molecule has 2 amide bonds. The lowest BCUT2D eigenvalue weighted by atomic mass is 10.1. The van der Waals surface area contributed by atoms with Crippen LogP contribution in [0, 0.1) is 0 Å². The molecule has 2 heterocycles. The van der Waals surface area contributed by atoms with Crippen molar-refractivity contribution >= 4 is 28.3 Å². The predicted molar refractivity (Wildman–Crippen MR) is 72.8 cm³/mol. The molecule has 20 heavy (non-hydrogen) atoms. The van der Waals surface area contributed by atoms with Gasteiger partial charge in [-0.15, -0.1) is 11.3 Å². The number of carbonyl (C=O) groups excluding carboxylic acids is 2. The second-order valence-electron chi connectivity index (χ2n) is 3.98. The summed E-state index contributed by atoms with van der Waals surface area (Å²) in [4.78, 5) is 29.9. The van der Waals surface area contributed by atoms with Gasteiger partial charge in [-0.2, -0.15) is 0 Å². The number of nitrogens with zero attached hydrogens (tertiary/aromatic N) is 2. The van der Waals surface area contributed by atoms with E-state index in [1.165, 1.54) is 25.6 Å². The smallest absolute Gasteiger partial charge is 0.271 e. The number of ether oxygens (including phenoxy) is 2. The Bertz CT molecular complexity index is 697. The molecule has 0 radical (unpaired) electrons. The molecule has 3 rings (SSSR count). The van der Waals surface area contributed by atoms with E-state index >= 15 is 0 Å². The Hall–Kier alpha value is -2.41. The van der Waals surface area contributed by atoms with Crippen molar-refractivity contribution in [1.29, 1.82) is 0 Å². The molecule has 0 atom stereocenters. The molecule has 1 aliphatic rings. The first-order chi connectivity index (χ1) is 9.69. The molecule has 0 spiro atoms. The van der Waals surface area contributed by atoms with Gasteiger partial charge in [0.2, 0.25) is 0 Å². The minimum absolute atomic E-state index is 0.215. The maximum atomic E-state index is 12.5. The fraction of sp³-hybridized carbons (Fsp3) is 0.154. The summed E-state index contributed by atoms with van der Waals surface area (Å²) < 4.78 is 10.4. The SMILES string of the molecule is COc1ccc2c(c1OC)C(=O)N(c1nccs1)C2=O. The highest BCUT2D eigenvalue weighted by molar-refractivity contribution is 7.14. The molecule has 0 fully saturated rings. The molecular formula is C13H10N2O4S. The van der Waals surface area contributed by atoms with Gasteiger partial charge in [0, 0.05) is 11.6 Å². The van der Waals surface area contributed by atoms with Crippen LogP contribution in [0.15, 0.2) is 23.7 Å². The molecule has 0 saturated carbocycles. The number of rotatable bonds is 3. The standard InChI is InChI=1S/C13H10N2O4S/c1-18-8-4-3-7-9(10(8)19-2)12(17)15(11(7)16)13-14-5-6-20-13/h3-6H,1-2H3. The maximum Gasteiger partial charge on any atom is 0.271 e. The van der Waals surface area contributed by atoms with Gasteiger partial charge in [0.05, 0.1) is 25.3 Å². The Morgan fingerprint density at radius 2 is 1.95 bits per heavy atom. The summed E-state index contributed by atoms with van der Waals surface area (Å²) in [7, 11) is 2.91. The van der Waals surface area contributed by atoms with Crippen LogP contribution in [-0.2, 0) is 0 Å². The third-order valence-corrected chi connectivity index (χ3v) is 3.76. The van der Waals surface area contributed by atoms with Crippen molar-refractivity contribution in [2.24, 2.45) is 0 Å². The molecule has 102 valence electrons. The van der Waals surface area contributed by atoms with Gasteiger partial charge in [-0.1, -0.05) is 0 Å². The highest BCUT2D eigenvalue weighted by Gasteiger charge is 2.41. The highest BCUT2D eigenvalue weighted by Crippen LogP contribution is 2.39. The first-order valence-electron chi connectivity index (χ1n) is 5.72. The van der Waals surface area contributed by atoms with Crippen LogP contribution in [0.5, 0.6) is 11.5 Å². The van der Waals surface area contributed by atoms with Gasteiger partial charge in [-0.3, -0.25) is 9.59 Å². The van der Waals surface area contributed by atoms with Crippen LogP contribution < -0.4 is 14.4 Å². The zero-order chi connectivity index (χ0) is 14.3. The Kier molecular flexibility index (Phi) is 2.90. The Morgan fingerprint density at radius 1 is 1.15 bits per heavy atom. The van der Waals surface area contributed by atoms with E-state index in [4.69, 9.17) is 9.47 Å². The average Bonchev–Trinajstić information content (AvgIpc) is 3.06. The van der Waals surface area contributed by atoms with Crippen molar-refractivity contribution in [3.63, 3.8) is 0 Å². The summed E-state index contributed by atoms with van der Waals surface area (Å²) in [5.41, 5.74) is 0.509. The van der Waals surface area contributed by atoms with Gasteiger partial charge in [-0.05, 0) is 12.1 Å². The van der Waals surface area contributed by atoms with Gasteiger partial charge in [0.1, 0.15) is 0 Å². The minimum Gasteiger partial charge on any atom is -0.493 e. The fourth-order valence-corrected chi connectivity index (χ4v) is 2.78. The summed E-state index contributed by atoms with van der Waals surface area (Å²) in [6.45, 7) is 0. The number of anilines is 1. The number of benzene rings is 1. The van der Waals surface area contributed by atoms with Gasteiger partial charge < -0.3 is 9.47 Å². The second kappa shape index (κ2) is 4.61. The van der Waals surface area contributed by atoms with Crippen LogP contribution in [-0.4, -0.2) is 31.0 Å². The van der Waals surface area contributed by atoms with Crippen LogP contribution in [0.4, 0.5) is 5.13 Å². The van der Waals surface area contributed by atoms with E-state index in [0.29, 0.717) is 16.4 Å². The number of aromatic nitrogens is 1. The summed E-state index contributed by atoms with van der Waals surface area (Å²) in [6, 6.07) is 3.17. The Labute approximate surface area is 118 Å². The normalized spacial score (nSPS) is 13.6. The number of methoxy groups -OCH3 is 2. The molecule has 1 aliphatic heterocycles. The van der Waals surface area contributed by atoms with Crippen molar-refractivity contribution in [3.05, 3.63) is 34.8 Å². The topological polar surface area (TPSA) is 68.7 Å². The third kappa shape index (κ3) is 1.60. The second-order valence-corrected chi connectivity index (χ2v) is 4.86. The number of hydrogen-bond acceptors (Lipinski definition) is 6. The number of carbonyl (C=O) groups is 2. The van der Waals surface area contributed by atoms with Gasteiger partial charge in [-0.25, -0.2) is 9.88 Å². The van der Waals surface area contributed by atoms with E-state index in [0.717, 1.165) is 4.90 Å². The number of thiazole rings is 1.